The zero-order valence-corrected chi connectivity index (χ0v) is 18.8. The van der Waals surface area contributed by atoms with Gasteiger partial charge < -0.3 is 15.5 Å². The van der Waals surface area contributed by atoms with Gasteiger partial charge in [0, 0.05) is 26.1 Å². The Bertz CT molecular complexity index is 1240. The van der Waals surface area contributed by atoms with Crippen LogP contribution in [-0.4, -0.2) is 43.6 Å². The largest absolute Gasteiger partial charge is 0.368 e. The van der Waals surface area contributed by atoms with E-state index < -0.39 is 43.6 Å². The average molecular weight is 495 g/mol. The van der Waals surface area contributed by atoms with Crippen LogP contribution in [0.3, 0.4) is 0 Å². The number of carbonyl (C=O) groups is 3. The van der Waals surface area contributed by atoms with Gasteiger partial charge in [-0.3, -0.25) is 14.4 Å². The first-order valence-electron chi connectivity index (χ1n) is 10.0. The number of sulfonamides is 1. The zero-order valence-electron chi connectivity index (χ0n) is 17.3. The van der Waals surface area contributed by atoms with E-state index in [0.717, 1.165) is 17.2 Å². The van der Waals surface area contributed by atoms with Gasteiger partial charge in [-0.2, -0.15) is 4.72 Å². The molecule has 0 aliphatic carbocycles. The smallest absolute Gasteiger partial charge is 0.251 e. The van der Waals surface area contributed by atoms with Gasteiger partial charge >= 0.3 is 0 Å². The van der Waals surface area contributed by atoms with E-state index in [1.165, 1.54) is 9.80 Å². The summed E-state index contributed by atoms with van der Waals surface area (Å²) in [6.45, 7) is 0.623. The minimum absolute atomic E-state index is 0.100. The van der Waals surface area contributed by atoms with Gasteiger partial charge in [-0.25, -0.2) is 12.8 Å². The van der Waals surface area contributed by atoms with Gasteiger partial charge in [0.15, 0.2) is 6.04 Å². The van der Waals surface area contributed by atoms with Crippen molar-refractivity contribution in [1.29, 1.82) is 0 Å². The topological polar surface area (TPSA) is 130 Å². The number of anilines is 1. The highest BCUT2D eigenvalue weighted by molar-refractivity contribution is 7.89. The van der Waals surface area contributed by atoms with Crippen LogP contribution < -0.4 is 15.4 Å². The summed E-state index contributed by atoms with van der Waals surface area (Å²) >= 11 is 6.25. The molecule has 3 N–H and O–H groups in total. The monoisotopic (exact) mass is 494 g/mol. The maximum atomic E-state index is 14.3. The van der Waals surface area contributed by atoms with Crippen LogP contribution in [0.5, 0.6) is 0 Å². The Hall–Kier alpha value is -3.02. The van der Waals surface area contributed by atoms with E-state index in [0.29, 0.717) is 12.5 Å². The van der Waals surface area contributed by atoms with E-state index in [1.54, 1.807) is 12.1 Å². The molecule has 2 aliphatic heterocycles. The van der Waals surface area contributed by atoms with Gasteiger partial charge in [0.2, 0.25) is 21.8 Å². The Balaban J connectivity index is 1.63. The molecule has 2 heterocycles. The Kier molecular flexibility index (Phi) is 6.12. The standard InChI is InChI=1S/C21H20ClFN4O5S/c22-18-15(27-7-3-6-17(27)28)8-14(23)9-16(18)33(31,32)25-19(20(24)29)21(30)26-10-12-4-1-2-5-13(12)11-26/h1-2,4-5,8-9,19,25H,3,6-7,10-11H2,(H2,24,29)/t19-/m0/s1. The minimum atomic E-state index is -4.68. The van der Waals surface area contributed by atoms with Crippen LogP contribution >= 0.6 is 11.6 Å². The fourth-order valence-corrected chi connectivity index (χ4v) is 5.74. The van der Waals surface area contributed by atoms with Gasteiger partial charge in [-0.05, 0) is 29.7 Å². The zero-order chi connectivity index (χ0) is 23.9. The molecule has 0 saturated carbocycles. The Morgan fingerprint density at radius 3 is 2.33 bits per heavy atom. The highest BCUT2D eigenvalue weighted by atomic mass is 35.5. The summed E-state index contributed by atoms with van der Waals surface area (Å²) in [5.74, 6) is -3.34. The molecular weight excluding hydrogens is 475 g/mol. The van der Waals surface area contributed by atoms with Crippen molar-refractivity contribution in [2.75, 3.05) is 11.4 Å². The first-order valence-corrected chi connectivity index (χ1v) is 11.9. The molecule has 9 nitrogen and oxygen atoms in total. The molecule has 1 fully saturated rings. The first kappa shape index (κ1) is 23.1. The van der Waals surface area contributed by atoms with Crippen molar-refractivity contribution in [1.82, 2.24) is 9.62 Å². The predicted molar refractivity (Wildman–Crippen MR) is 117 cm³/mol. The molecule has 0 aromatic heterocycles. The number of halogens is 2. The summed E-state index contributed by atoms with van der Waals surface area (Å²) in [6, 6.07) is 6.93. The average Bonchev–Trinajstić information content (AvgIpc) is 3.38. The van der Waals surface area contributed by atoms with Crippen LogP contribution in [0.25, 0.3) is 0 Å². The number of carbonyl (C=O) groups excluding carboxylic acids is 3. The summed E-state index contributed by atoms with van der Waals surface area (Å²) in [5, 5.41) is -0.400. The van der Waals surface area contributed by atoms with Gasteiger partial charge in [-0.15, -0.1) is 0 Å². The lowest BCUT2D eigenvalue weighted by Gasteiger charge is -2.23. The third kappa shape index (κ3) is 4.43. The van der Waals surface area contributed by atoms with E-state index >= 15 is 0 Å². The minimum Gasteiger partial charge on any atom is -0.368 e. The van der Waals surface area contributed by atoms with Gasteiger partial charge in [0.1, 0.15) is 10.7 Å². The van der Waals surface area contributed by atoms with Crippen molar-refractivity contribution < 1.29 is 27.2 Å². The van der Waals surface area contributed by atoms with Crippen molar-refractivity contribution in [3.63, 3.8) is 0 Å². The van der Waals surface area contributed by atoms with Crippen molar-refractivity contribution in [2.24, 2.45) is 5.73 Å². The number of fused-ring (bicyclic) bond motifs is 1. The molecule has 2 aromatic rings. The second-order valence-corrected chi connectivity index (χ2v) is 9.87. The lowest BCUT2D eigenvalue weighted by atomic mass is 10.1. The maximum absolute atomic E-state index is 14.3. The highest BCUT2D eigenvalue weighted by Gasteiger charge is 2.37. The van der Waals surface area contributed by atoms with Crippen LogP contribution in [0, 0.1) is 5.82 Å². The molecule has 1 atom stereocenters. The Morgan fingerprint density at radius 2 is 1.79 bits per heavy atom. The molecule has 0 unspecified atom stereocenters. The molecule has 2 aliphatic rings. The third-order valence-corrected chi connectivity index (χ3v) is 7.55. The summed E-state index contributed by atoms with van der Waals surface area (Å²) in [7, 11) is -4.68. The number of benzene rings is 2. The molecule has 2 aromatic carbocycles. The quantitative estimate of drug-likeness (QED) is 0.584. The van der Waals surface area contributed by atoms with Gasteiger partial charge in [-0.1, -0.05) is 35.9 Å². The summed E-state index contributed by atoms with van der Waals surface area (Å²) in [5.41, 5.74) is 6.97. The second-order valence-electron chi connectivity index (χ2n) is 7.81. The molecule has 3 amide bonds. The number of hydrogen-bond acceptors (Lipinski definition) is 5. The molecule has 1 saturated heterocycles. The number of nitrogens with two attached hydrogens (primary N) is 1. The van der Waals surface area contributed by atoms with Crippen LogP contribution in [-0.2, 0) is 37.5 Å². The van der Waals surface area contributed by atoms with Crippen molar-refractivity contribution >= 4 is 45.0 Å². The number of nitrogens with zero attached hydrogens (tertiary/aromatic N) is 2. The van der Waals surface area contributed by atoms with Crippen molar-refractivity contribution in [3.05, 3.63) is 58.4 Å². The van der Waals surface area contributed by atoms with Gasteiger partial charge in [0.05, 0.1) is 10.7 Å². The molecule has 0 bridgehead atoms. The molecule has 33 heavy (non-hydrogen) atoms. The van der Waals surface area contributed by atoms with E-state index in [4.69, 9.17) is 17.3 Å². The molecule has 4 rings (SSSR count). The molecule has 12 heteroatoms. The maximum Gasteiger partial charge on any atom is 0.251 e. The van der Waals surface area contributed by atoms with Crippen LogP contribution in [0.2, 0.25) is 5.02 Å². The molecular formula is C21H20ClFN4O5S. The van der Waals surface area contributed by atoms with E-state index in [2.05, 4.69) is 0 Å². The van der Waals surface area contributed by atoms with E-state index in [1.807, 2.05) is 16.9 Å². The first-order chi connectivity index (χ1) is 15.6. The SMILES string of the molecule is NC(=O)[C@H](NS(=O)(=O)c1cc(F)cc(N2CCCC2=O)c1Cl)C(=O)N1Cc2ccccc2C1. The van der Waals surface area contributed by atoms with Gasteiger partial charge in [0.25, 0.3) is 5.91 Å². The third-order valence-electron chi connectivity index (χ3n) is 5.60. The molecule has 174 valence electrons. The molecule has 0 radical (unpaired) electrons. The number of nitrogens with one attached hydrogen (secondary N) is 1. The van der Waals surface area contributed by atoms with Crippen molar-refractivity contribution in [2.45, 2.75) is 36.9 Å². The van der Waals surface area contributed by atoms with Crippen LogP contribution in [0.1, 0.15) is 24.0 Å². The predicted octanol–water partition coefficient (Wildman–Crippen LogP) is 1.28. The highest BCUT2D eigenvalue weighted by Crippen LogP contribution is 2.35. The van der Waals surface area contributed by atoms with Crippen LogP contribution in [0.4, 0.5) is 10.1 Å². The summed E-state index contributed by atoms with van der Waals surface area (Å²) in [4.78, 5) is 38.9. The van der Waals surface area contributed by atoms with Crippen molar-refractivity contribution in [3.8, 4) is 0 Å². The lowest BCUT2D eigenvalue weighted by Crippen LogP contribution is -2.54. The van der Waals surface area contributed by atoms with E-state index in [-0.39, 0.29) is 37.6 Å². The lowest BCUT2D eigenvalue weighted by molar-refractivity contribution is -0.138. The fraction of sp³-hybridized carbons (Fsp3) is 0.286. The number of hydrogen-bond donors (Lipinski definition) is 2. The summed E-state index contributed by atoms with van der Waals surface area (Å²) < 4.78 is 42.4. The van der Waals surface area contributed by atoms with Crippen LogP contribution in [0.15, 0.2) is 41.3 Å². The Labute approximate surface area is 194 Å². The number of amides is 3. The number of rotatable bonds is 6. The summed E-state index contributed by atoms with van der Waals surface area (Å²) in [6.07, 6.45) is 0.742. The molecule has 0 spiro atoms. The van der Waals surface area contributed by atoms with E-state index in [9.17, 15) is 27.2 Å². The Morgan fingerprint density at radius 1 is 1.15 bits per heavy atom. The fourth-order valence-electron chi connectivity index (χ4n) is 3.97. The normalized spacial score (nSPS) is 16.7. The second kappa shape index (κ2) is 8.73. The number of primary amides is 1.